The van der Waals surface area contributed by atoms with Crippen LogP contribution in [0.1, 0.15) is 18.4 Å². The third-order valence-electron chi connectivity index (χ3n) is 3.77. The molecule has 0 spiro atoms. The quantitative estimate of drug-likeness (QED) is 0.886. The summed E-state index contributed by atoms with van der Waals surface area (Å²) in [6.07, 6.45) is 0.263. The van der Waals surface area contributed by atoms with Crippen LogP contribution in [0.25, 0.3) is 0 Å². The van der Waals surface area contributed by atoms with Gasteiger partial charge in [0.05, 0.1) is 0 Å². The second kappa shape index (κ2) is 6.52. The van der Waals surface area contributed by atoms with E-state index < -0.39 is 12.0 Å². The van der Waals surface area contributed by atoms with Crippen molar-refractivity contribution in [3.63, 3.8) is 0 Å². The lowest BCUT2D eigenvalue weighted by molar-refractivity contribution is -0.129. The second-order valence-electron chi connectivity index (χ2n) is 5.20. The van der Waals surface area contributed by atoms with E-state index in [1.807, 2.05) is 0 Å². The predicted molar refractivity (Wildman–Crippen MR) is 74.6 cm³/mol. The maximum absolute atomic E-state index is 13.6. The van der Waals surface area contributed by atoms with Crippen LogP contribution in [-0.4, -0.2) is 35.1 Å². The van der Waals surface area contributed by atoms with Gasteiger partial charge in [-0.2, -0.15) is 0 Å². The van der Waals surface area contributed by atoms with Crippen molar-refractivity contribution in [2.75, 3.05) is 13.1 Å². The van der Waals surface area contributed by atoms with Crippen LogP contribution in [0.4, 0.5) is 4.39 Å². The number of hydrogen-bond donors (Lipinski definition) is 2. The van der Waals surface area contributed by atoms with Gasteiger partial charge in [-0.25, -0.2) is 4.39 Å². The summed E-state index contributed by atoms with van der Waals surface area (Å²) in [5.74, 6) is -1.05. The molecule has 1 saturated heterocycles. The van der Waals surface area contributed by atoms with Crippen molar-refractivity contribution in [1.82, 2.24) is 4.90 Å². The Balaban J connectivity index is 1.91. The number of rotatable bonds is 4. The molecule has 1 aliphatic heterocycles. The SMILES string of the molecule is NC(=O)[C@@H](O)C1CCN(Cc2cc(Cl)ccc2F)CC1. The van der Waals surface area contributed by atoms with Crippen LogP contribution < -0.4 is 5.73 Å². The Bertz CT molecular complexity index is 490. The Morgan fingerprint density at radius 2 is 2.15 bits per heavy atom. The highest BCUT2D eigenvalue weighted by molar-refractivity contribution is 6.30. The van der Waals surface area contributed by atoms with E-state index >= 15 is 0 Å². The molecule has 1 atom stereocenters. The van der Waals surface area contributed by atoms with E-state index in [0.29, 0.717) is 43.1 Å². The summed E-state index contributed by atoms with van der Waals surface area (Å²) < 4.78 is 13.6. The van der Waals surface area contributed by atoms with Gasteiger partial charge in [0, 0.05) is 17.1 Å². The van der Waals surface area contributed by atoms with Gasteiger partial charge in [-0.1, -0.05) is 11.6 Å². The maximum atomic E-state index is 13.6. The smallest absolute Gasteiger partial charge is 0.246 e. The number of carbonyl (C=O) groups is 1. The molecule has 110 valence electrons. The van der Waals surface area contributed by atoms with Crippen LogP contribution in [0.3, 0.4) is 0 Å². The summed E-state index contributed by atoms with van der Waals surface area (Å²) in [6, 6.07) is 4.51. The van der Waals surface area contributed by atoms with Gasteiger partial charge in [0.25, 0.3) is 0 Å². The molecule has 1 aromatic carbocycles. The monoisotopic (exact) mass is 300 g/mol. The predicted octanol–water partition coefficient (Wildman–Crippen LogP) is 1.54. The molecule has 1 aliphatic rings. The number of nitrogens with two attached hydrogens (primary N) is 1. The van der Waals surface area contributed by atoms with Gasteiger partial charge in [0.15, 0.2) is 0 Å². The summed E-state index contributed by atoms with van der Waals surface area (Å²) in [5, 5.41) is 10.2. The number of aliphatic hydroxyl groups excluding tert-OH is 1. The first-order valence-corrected chi connectivity index (χ1v) is 6.99. The molecule has 0 aromatic heterocycles. The van der Waals surface area contributed by atoms with Gasteiger partial charge >= 0.3 is 0 Å². The van der Waals surface area contributed by atoms with Crippen LogP contribution >= 0.6 is 11.6 Å². The van der Waals surface area contributed by atoms with Crippen LogP contribution in [0, 0.1) is 11.7 Å². The fraction of sp³-hybridized carbons (Fsp3) is 0.500. The van der Waals surface area contributed by atoms with E-state index in [1.165, 1.54) is 12.1 Å². The molecule has 1 amide bonds. The molecule has 0 unspecified atom stereocenters. The van der Waals surface area contributed by atoms with Gasteiger partial charge in [-0.05, 0) is 50.0 Å². The minimum Gasteiger partial charge on any atom is -0.383 e. The third-order valence-corrected chi connectivity index (χ3v) is 4.01. The number of amides is 1. The van der Waals surface area contributed by atoms with Gasteiger partial charge in [0.1, 0.15) is 11.9 Å². The van der Waals surface area contributed by atoms with Gasteiger partial charge in [0.2, 0.25) is 5.91 Å². The molecule has 0 radical (unpaired) electrons. The molecule has 2 rings (SSSR count). The first-order valence-electron chi connectivity index (χ1n) is 6.61. The number of likely N-dealkylation sites (tertiary alicyclic amines) is 1. The highest BCUT2D eigenvalue weighted by Gasteiger charge is 2.28. The minimum atomic E-state index is -1.08. The Morgan fingerprint density at radius 3 is 2.75 bits per heavy atom. The summed E-state index contributed by atoms with van der Waals surface area (Å²) in [6.45, 7) is 1.87. The van der Waals surface area contributed by atoms with Gasteiger partial charge in [-0.15, -0.1) is 0 Å². The molecule has 0 saturated carbocycles. The molecule has 1 heterocycles. The average molecular weight is 301 g/mol. The molecule has 0 aliphatic carbocycles. The van der Waals surface area contributed by atoms with E-state index in [-0.39, 0.29) is 11.7 Å². The van der Waals surface area contributed by atoms with Gasteiger partial charge in [-0.3, -0.25) is 9.69 Å². The zero-order chi connectivity index (χ0) is 14.7. The van der Waals surface area contributed by atoms with E-state index in [9.17, 15) is 14.3 Å². The van der Waals surface area contributed by atoms with E-state index in [1.54, 1.807) is 6.07 Å². The standard InChI is InChI=1S/C14H18ClFN2O2/c15-11-1-2-12(16)10(7-11)8-18-5-3-9(4-6-18)13(19)14(17)20/h1-2,7,9,13,19H,3-6,8H2,(H2,17,20)/t13-/m0/s1. The molecule has 20 heavy (non-hydrogen) atoms. The van der Waals surface area contributed by atoms with Crippen LogP contribution in [-0.2, 0) is 11.3 Å². The minimum absolute atomic E-state index is 0.104. The third kappa shape index (κ3) is 3.69. The first-order chi connectivity index (χ1) is 9.47. The van der Waals surface area contributed by atoms with E-state index in [2.05, 4.69) is 4.90 Å². The Morgan fingerprint density at radius 1 is 1.50 bits per heavy atom. The van der Waals surface area contributed by atoms with Crippen molar-refractivity contribution in [3.05, 3.63) is 34.6 Å². The summed E-state index contributed by atoms with van der Waals surface area (Å²) in [4.78, 5) is 13.0. The lowest BCUT2D eigenvalue weighted by Gasteiger charge is -2.33. The topological polar surface area (TPSA) is 66.6 Å². The van der Waals surface area contributed by atoms with Crippen LogP contribution in [0.2, 0.25) is 5.02 Å². The van der Waals surface area contributed by atoms with Crippen molar-refractivity contribution in [2.24, 2.45) is 11.7 Å². The fourth-order valence-electron chi connectivity index (χ4n) is 2.56. The second-order valence-corrected chi connectivity index (χ2v) is 5.63. The number of benzene rings is 1. The Hall–Kier alpha value is -1.17. The Labute approximate surface area is 122 Å². The van der Waals surface area contributed by atoms with Crippen molar-refractivity contribution in [1.29, 1.82) is 0 Å². The summed E-state index contributed by atoms with van der Waals surface area (Å²) >= 11 is 5.86. The van der Waals surface area contributed by atoms with Crippen LogP contribution in [0.15, 0.2) is 18.2 Å². The van der Waals surface area contributed by atoms with E-state index in [0.717, 1.165) is 0 Å². The normalized spacial score (nSPS) is 18.9. The molecule has 4 nitrogen and oxygen atoms in total. The molecule has 1 aromatic rings. The zero-order valence-corrected chi connectivity index (χ0v) is 11.8. The van der Waals surface area contributed by atoms with Crippen molar-refractivity contribution < 1.29 is 14.3 Å². The number of carbonyl (C=O) groups excluding carboxylic acids is 1. The van der Waals surface area contributed by atoms with Crippen molar-refractivity contribution in [2.45, 2.75) is 25.5 Å². The number of halogens is 2. The lowest BCUT2D eigenvalue weighted by atomic mass is 9.90. The first kappa shape index (κ1) is 15.2. The molecule has 3 N–H and O–H groups in total. The number of primary amides is 1. The average Bonchev–Trinajstić information content (AvgIpc) is 2.43. The lowest BCUT2D eigenvalue weighted by Crippen LogP contribution is -2.42. The zero-order valence-electron chi connectivity index (χ0n) is 11.1. The summed E-state index contributed by atoms with van der Waals surface area (Å²) in [7, 11) is 0. The molecule has 1 fully saturated rings. The van der Waals surface area contributed by atoms with Crippen molar-refractivity contribution >= 4 is 17.5 Å². The van der Waals surface area contributed by atoms with Crippen molar-refractivity contribution in [3.8, 4) is 0 Å². The summed E-state index contributed by atoms with van der Waals surface area (Å²) in [5.41, 5.74) is 5.66. The number of aliphatic hydroxyl groups is 1. The molecule has 6 heteroatoms. The molecule has 0 bridgehead atoms. The highest BCUT2D eigenvalue weighted by Crippen LogP contribution is 2.23. The maximum Gasteiger partial charge on any atom is 0.246 e. The fourth-order valence-corrected chi connectivity index (χ4v) is 2.76. The van der Waals surface area contributed by atoms with Crippen LogP contribution in [0.5, 0.6) is 0 Å². The largest absolute Gasteiger partial charge is 0.383 e. The Kier molecular flexibility index (Phi) is 4.96. The van der Waals surface area contributed by atoms with Gasteiger partial charge < -0.3 is 10.8 Å². The molecular weight excluding hydrogens is 283 g/mol. The number of piperidine rings is 1. The number of hydrogen-bond acceptors (Lipinski definition) is 3. The highest BCUT2D eigenvalue weighted by atomic mass is 35.5. The number of nitrogens with zero attached hydrogens (tertiary/aromatic N) is 1. The van der Waals surface area contributed by atoms with E-state index in [4.69, 9.17) is 17.3 Å². The molecular formula is C14H18ClFN2O2.